The molecule has 2 fully saturated rings. The molecule has 28 heavy (non-hydrogen) atoms. The van der Waals surface area contributed by atoms with Gasteiger partial charge in [0.15, 0.2) is 17.3 Å². The van der Waals surface area contributed by atoms with Gasteiger partial charge in [-0.1, -0.05) is 27.2 Å². The van der Waals surface area contributed by atoms with Gasteiger partial charge in [0.05, 0.1) is 18.4 Å². The van der Waals surface area contributed by atoms with Crippen LogP contribution in [0.4, 0.5) is 0 Å². The first-order valence-electron chi connectivity index (χ1n) is 10.2. The molecule has 2 aliphatic heterocycles. The van der Waals surface area contributed by atoms with Crippen LogP contribution in [-0.4, -0.2) is 30.9 Å². The monoisotopic (exact) mass is 388 g/mol. The second-order valence-corrected chi connectivity index (χ2v) is 8.60. The Bertz CT molecular complexity index is 757. The van der Waals surface area contributed by atoms with E-state index in [-0.39, 0.29) is 31.1 Å². The van der Waals surface area contributed by atoms with Crippen LogP contribution in [0.25, 0.3) is 0 Å². The van der Waals surface area contributed by atoms with E-state index >= 15 is 0 Å². The van der Waals surface area contributed by atoms with E-state index in [0.29, 0.717) is 34.8 Å². The Kier molecular flexibility index (Phi) is 5.32. The zero-order chi connectivity index (χ0) is 19.8. The predicted octanol–water partition coefficient (Wildman–Crippen LogP) is 3.96. The van der Waals surface area contributed by atoms with E-state index in [9.17, 15) is 9.59 Å². The van der Waals surface area contributed by atoms with Crippen LogP contribution in [0, 0.1) is 23.7 Å². The Balaban J connectivity index is 1.51. The van der Waals surface area contributed by atoms with Crippen LogP contribution < -0.4 is 9.47 Å². The molecule has 6 nitrogen and oxygen atoms in total. The van der Waals surface area contributed by atoms with Crippen LogP contribution in [0.1, 0.15) is 56.8 Å². The van der Waals surface area contributed by atoms with Crippen molar-refractivity contribution in [2.24, 2.45) is 23.7 Å². The molecule has 1 aromatic carbocycles. The molecule has 0 aromatic heterocycles. The SMILES string of the molecule is CC(C)[C@@H]1CC[C@@H](C)C[C@H]1O[C@@H]1OC(=O)C[C@H]1C(=O)c1ccc2c(c1)OCO2. The third-order valence-corrected chi connectivity index (χ3v) is 6.23. The highest BCUT2D eigenvalue weighted by Crippen LogP contribution is 2.39. The number of ketones is 1. The molecule has 0 radical (unpaired) electrons. The van der Waals surface area contributed by atoms with Gasteiger partial charge in [0, 0.05) is 5.56 Å². The fraction of sp³-hybridized carbons (Fsp3) is 0.636. The summed E-state index contributed by atoms with van der Waals surface area (Å²) in [5.41, 5.74) is 0.485. The maximum atomic E-state index is 13.1. The smallest absolute Gasteiger partial charge is 0.309 e. The van der Waals surface area contributed by atoms with Crippen LogP contribution in [0.3, 0.4) is 0 Å². The number of esters is 1. The number of ether oxygens (including phenoxy) is 4. The van der Waals surface area contributed by atoms with E-state index in [1.165, 1.54) is 6.42 Å². The molecule has 0 bridgehead atoms. The standard InChI is InChI=1S/C22H28O6/c1-12(2)15-6-4-13(3)8-18(15)27-22-16(10-20(23)28-22)21(24)14-5-7-17-19(9-14)26-11-25-17/h5,7,9,12-13,15-16,18,22H,4,6,8,10-11H2,1-3H3/t13-,15+,16+,18-,22-/m1/s1. The van der Waals surface area contributed by atoms with E-state index in [2.05, 4.69) is 20.8 Å². The molecule has 1 saturated carbocycles. The van der Waals surface area contributed by atoms with Gasteiger partial charge in [0.1, 0.15) is 0 Å². The molecule has 0 unspecified atom stereocenters. The molecular formula is C22H28O6. The van der Waals surface area contributed by atoms with Gasteiger partial charge in [0.2, 0.25) is 13.1 Å². The highest BCUT2D eigenvalue weighted by atomic mass is 16.7. The molecule has 6 heteroatoms. The van der Waals surface area contributed by atoms with Crippen molar-refractivity contribution < 1.29 is 28.5 Å². The van der Waals surface area contributed by atoms with Crippen molar-refractivity contribution >= 4 is 11.8 Å². The van der Waals surface area contributed by atoms with Crippen molar-refractivity contribution in [1.82, 2.24) is 0 Å². The summed E-state index contributed by atoms with van der Waals surface area (Å²) in [5, 5.41) is 0. The van der Waals surface area contributed by atoms with E-state index in [1.807, 2.05) is 0 Å². The lowest BCUT2D eigenvalue weighted by Crippen LogP contribution is -2.39. The second kappa shape index (κ2) is 7.74. The molecule has 3 aliphatic rings. The molecule has 0 spiro atoms. The molecule has 5 atom stereocenters. The number of cyclic esters (lactones) is 1. The first kappa shape index (κ1) is 19.2. The average molecular weight is 388 g/mol. The highest BCUT2D eigenvalue weighted by Gasteiger charge is 2.44. The Morgan fingerprint density at radius 1 is 1.18 bits per heavy atom. The van der Waals surface area contributed by atoms with E-state index in [1.54, 1.807) is 18.2 Å². The van der Waals surface area contributed by atoms with Gasteiger partial charge in [-0.15, -0.1) is 0 Å². The third kappa shape index (κ3) is 3.75. The normalized spacial score (nSPS) is 31.9. The lowest BCUT2D eigenvalue weighted by molar-refractivity contribution is -0.192. The number of carbonyl (C=O) groups is 2. The number of fused-ring (bicyclic) bond motifs is 1. The molecule has 1 aliphatic carbocycles. The van der Waals surface area contributed by atoms with Crippen molar-refractivity contribution in [3.63, 3.8) is 0 Å². The fourth-order valence-electron chi connectivity index (χ4n) is 4.58. The number of hydrogen-bond acceptors (Lipinski definition) is 6. The summed E-state index contributed by atoms with van der Waals surface area (Å²) in [5.74, 6) is 1.48. The fourth-order valence-corrected chi connectivity index (χ4v) is 4.58. The molecule has 1 aromatic rings. The molecule has 0 N–H and O–H groups in total. The minimum atomic E-state index is -0.818. The van der Waals surface area contributed by atoms with Gasteiger partial charge in [-0.05, 0) is 48.8 Å². The summed E-state index contributed by atoms with van der Waals surface area (Å²) in [6.07, 6.45) is 2.46. The predicted molar refractivity (Wildman–Crippen MR) is 101 cm³/mol. The van der Waals surface area contributed by atoms with Gasteiger partial charge in [-0.2, -0.15) is 0 Å². The zero-order valence-electron chi connectivity index (χ0n) is 16.7. The van der Waals surface area contributed by atoms with E-state index < -0.39 is 12.2 Å². The first-order valence-corrected chi connectivity index (χ1v) is 10.2. The third-order valence-electron chi connectivity index (χ3n) is 6.23. The highest BCUT2D eigenvalue weighted by molar-refractivity contribution is 6.01. The van der Waals surface area contributed by atoms with Crippen molar-refractivity contribution in [3.05, 3.63) is 23.8 Å². The molecular weight excluding hydrogens is 360 g/mol. The van der Waals surface area contributed by atoms with Gasteiger partial charge in [-0.3, -0.25) is 9.59 Å². The average Bonchev–Trinajstić information content (AvgIpc) is 3.26. The maximum absolute atomic E-state index is 13.1. The lowest BCUT2D eigenvalue weighted by Gasteiger charge is -2.38. The van der Waals surface area contributed by atoms with Gasteiger partial charge < -0.3 is 18.9 Å². The number of hydrogen-bond donors (Lipinski definition) is 0. The van der Waals surface area contributed by atoms with Crippen LogP contribution in [0.5, 0.6) is 11.5 Å². The molecule has 152 valence electrons. The summed E-state index contributed by atoms with van der Waals surface area (Å²) in [6.45, 7) is 6.78. The van der Waals surface area contributed by atoms with E-state index in [4.69, 9.17) is 18.9 Å². The van der Waals surface area contributed by atoms with Crippen LogP contribution >= 0.6 is 0 Å². The quantitative estimate of drug-likeness (QED) is 0.562. The van der Waals surface area contributed by atoms with E-state index in [0.717, 1.165) is 12.8 Å². The topological polar surface area (TPSA) is 71.1 Å². The minimum Gasteiger partial charge on any atom is -0.454 e. The molecule has 2 heterocycles. The van der Waals surface area contributed by atoms with Crippen LogP contribution in [-0.2, 0) is 14.3 Å². The van der Waals surface area contributed by atoms with Crippen molar-refractivity contribution in [2.45, 2.75) is 58.8 Å². The van der Waals surface area contributed by atoms with Gasteiger partial charge >= 0.3 is 5.97 Å². The summed E-state index contributed by atoms with van der Waals surface area (Å²) < 4.78 is 22.4. The maximum Gasteiger partial charge on any atom is 0.309 e. The van der Waals surface area contributed by atoms with Crippen molar-refractivity contribution in [2.75, 3.05) is 6.79 Å². The van der Waals surface area contributed by atoms with Crippen LogP contribution in [0.2, 0.25) is 0 Å². The molecule has 4 rings (SSSR count). The minimum absolute atomic E-state index is 0.00621. The lowest BCUT2D eigenvalue weighted by atomic mass is 9.75. The Morgan fingerprint density at radius 2 is 1.96 bits per heavy atom. The Morgan fingerprint density at radius 3 is 2.75 bits per heavy atom. The molecule has 1 saturated heterocycles. The van der Waals surface area contributed by atoms with Crippen molar-refractivity contribution in [1.29, 1.82) is 0 Å². The summed E-state index contributed by atoms with van der Waals surface area (Å²) in [6, 6.07) is 5.10. The van der Waals surface area contributed by atoms with Crippen LogP contribution in [0.15, 0.2) is 18.2 Å². The Labute approximate surface area is 165 Å². The summed E-state index contributed by atoms with van der Waals surface area (Å²) in [7, 11) is 0. The second-order valence-electron chi connectivity index (χ2n) is 8.60. The zero-order valence-corrected chi connectivity index (χ0v) is 16.7. The number of rotatable bonds is 5. The Hall–Kier alpha value is -2.08. The summed E-state index contributed by atoms with van der Waals surface area (Å²) >= 11 is 0. The first-order chi connectivity index (χ1) is 13.4. The largest absolute Gasteiger partial charge is 0.454 e. The van der Waals surface area contributed by atoms with Crippen molar-refractivity contribution in [3.8, 4) is 11.5 Å². The van der Waals surface area contributed by atoms with Gasteiger partial charge in [0.25, 0.3) is 0 Å². The number of benzene rings is 1. The molecule has 0 amide bonds. The number of carbonyl (C=O) groups excluding carboxylic acids is 2. The summed E-state index contributed by atoms with van der Waals surface area (Å²) in [4.78, 5) is 25.1. The number of Topliss-reactive ketones (excluding diaryl/α,β-unsaturated/α-hetero) is 1. The van der Waals surface area contributed by atoms with Gasteiger partial charge in [-0.25, -0.2) is 0 Å².